The van der Waals surface area contributed by atoms with Crippen molar-refractivity contribution >= 4 is 5.97 Å². The van der Waals surface area contributed by atoms with Crippen molar-refractivity contribution in [1.82, 2.24) is 9.80 Å². The zero-order valence-electron chi connectivity index (χ0n) is 13.6. The maximum atomic E-state index is 12.0. The molecule has 1 saturated carbocycles. The Labute approximate surface area is 128 Å². The van der Waals surface area contributed by atoms with Crippen LogP contribution in [0.25, 0.3) is 0 Å². The Hall–Kier alpha value is -0.610. The zero-order valence-corrected chi connectivity index (χ0v) is 13.6. The van der Waals surface area contributed by atoms with E-state index in [2.05, 4.69) is 23.8 Å². The first kappa shape index (κ1) is 15.3. The second kappa shape index (κ2) is 5.88. The van der Waals surface area contributed by atoms with Crippen molar-refractivity contribution in [3.05, 3.63) is 0 Å². The molecule has 2 aliphatic heterocycles. The lowest BCUT2D eigenvalue weighted by Gasteiger charge is -2.40. The number of carboxylic acid groups (broad SMARTS) is 1. The molecule has 3 aliphatic rings. The average Bonchev–Trinajstić information content (AvgIpc) is 2.67. The van der Waals surface area contributed by atoms with Crippen LogP contribution in [0.3, 0.4) is 0 Å². The summed E-state index contributed by atoms with van der Waals surface area (Å²) < 4.78 is 0. The third kappa shape index (κ3) is 2.98. The smallest absolute Gasteiger partial charge is 0.310 e. The molecule has 0 aromatic carbocycles. The standard InChI is InChI=1S/C17H30N2O2/c1-13-4-3-8-17(10-13,16(20)21)12-19-9-7-14-5-6-15(11-19)18(14)2/h13-15H,3-12H2,1-2H3,(H,20,21). The molecule has 21 heavy (non-hydrogen) atoms. The molecule has 1 aliphatic carbocycles. The van der Waals surface area contributed by atoms with Gasteiger partial charge in [0.05, 0.1) is 5.41 Å². The van der Waals surface area contributed by atoms with Crippen LogP contribution in [-0.2, 0) is 4.79 Å². The van der Waals surface area contributed by atoms with Gasteiger partial charge in [-0.15, -0.1) is 0 Å². The van der Waals surface area contributed by atoms with Crippen LogP contribution in [0.5, 0.6) is 0 Å². The summed E-state index contributed by atoms with van der Waals surface area (Å²) in [5.74, 6) is -0.00207. The van der Waals surface area contributed by atoms with Gasteiger partial charge in [-0.2, -0.15) is 0 Å². The number of carbonyl (C=O) groups is 1. The van der Waals surface area contributed by atoms with Gasteiger partial charge in [-0.1, -0.05) is 19.8 Å². The number of rotatable bonds is 3. The molecule has 1 N–H and O–H groups in total. The highest BCUT2D eigenvalue weighted by molar-refractivity contribution is 5.75. The Morgan fingerprint density at radius 3 is 2.71 bits per heavy atom. The summed E-state index contributed by atoms with van der Waals surface area (Å²) in [5.41, 5.74) is -0.486. The highest BCUT2D eigenvalue weighted by atomic mass is 16.4. The molecule has 3 fully saturated rings. The van der Waals surface area contributed by atoms with Crippen LogP contribution in [0.15, 0.2) is 0 Å². The monoisotopic (exact) mass is 294 g/mol. The quantitative estimate of drug-likeness (QED) is 0.868. The molecule has 2 bridgehead atoms. The summed E-state index contributed by atoms with van der Waals surface area (Å²) in [4.78, 5) is 17.0. The number of hydrogen-bond acceptors (Lipinski definition) is 3. The second-order valence-corrected chi connectivity index (χ2v) is 7.86. The Kier molecular flexibility index (Phi) is 4.28. The molecule has 0 aromatic rings. The lowest BCUT2D eigenvalue weighted by Crippen LogP contribution is -2.48. The summed E-state index contributed by atoms with van der Waals surface area (Å²) in [5, 5.41) is 9.85. The first-order valence-corrected chi connectivity index (χ1v) is 8.68. The molecule has 3 rings (SSSR count). The fourth-order valence-electron chi connectivity index (χ4n) is 5.02. The van der Waals surface area contributed by atoms with Gasteiger partial charge in [0.25, 0.3) is 0 Å². The van der Waals surface area contributed by atoms with Crippen LogP contribution < -0.4 is 0 Å². The first-order valence-electron chi connectivity index (χ1n) is 8.68. The number of likely N-dealkylation sites (tertiary alicyclic amines) is 1. The molecule has 0 radical (unpaired) electrons. The summed E-state index contributed by atoms with van der Waals surface area (Å²) in [6, 6.07) is 1.37. The maximum Gasteiger partial charge on any atom is 0.310 e. The van der Waals surface area contributed by atoms with Gasteiger partial charge in [-0.25, -0.2) is 0 Å². The van der Waals surface area contributed by atoms with Gasteiger partial charge >= 0.3 is 5.97 Å². The predicted octanol–water partition coefficient (Wildman–Crippen LogP) is 2.44. The summed E-state index contributed by atoms with van der Waals surface area (Å²) in [6.07, 6.45) is 7.83. The number of carboxylic acids is 1. The van der Waals surface area contributed by atoms with E-state index in [0.717, 1.165) is 44.9 Å². The van der Waals surface area contributed by atoms with E-state index in [9.17, 15) is 9.90 Å². The minimum Gasteiger partial charge on any atom is -0.481 e. The Morgan fingerprint density at radius 2 is 2.00 bits per heavy atom. The average molecular weight is 294 g/mol. The molecular formula is C17H30N2O2. The minimum absolute atomic E-state index is 0.486. The van der Waals surface area contributed by atoms with E-state index in [-0.39, 0.29) is 0 Å². The van der Waals surface area contributed by atoms with E-state index in [1.807, 2.05) is 0 Å². The largest absolute Gasteiger partial charge is 0.481 e. The van der Waals surface area contributed by atoms with Crippen LogP contribution in [0.2, 0.25) is 0 Å². The summed E-state index contributed by atoms with van der Waals surface area (Å²) in [7, 11) is 2.25. The van der Waals surface area contributed by atoms with Gasteiger partial charge < -0.3 is 10.0 Å². The Morgan fingerprint density at radius 1 is 1.24 bits per heavy atom. The van der Waals surface area contributed by atoms with E-state index in [4.69, 9.17) is 0 Å². The van der Waals surface area contributed by atoms with E-state index >= 15 is 0 Å². The SMILES string of the molecule is CC1CCCC(CN2CCC3CCC(C2)N3C)(C(=O)O)C1. The van der Waals surface area contributed by atoms with Crippen molar-refractivity contribution in [2.45, 2.75) is 64.0 Å². The van der Waals surface area contributed by atoms with Gasteiger partial charge in [0, 0.05) is 25.2 Å². The fraction of sp³-hybridized carbons (Fsp3) is 0.941. The molecule has 4 nitrogen and oxygen atoms in total. The summed E-state index contributed by atoms with van der Waals surface area (Å²) >= 11 is 0. The topological polar surface area (TPSA) is 43.8 Å². The fourth-order valence-corrected chi connectivity index (χ4v) is 5.02. The van der Waals surface area contributed by atoms with Gasteiger partial charge in [-0.3, -0.25) is 9.69 Å². The van der Waals surface area contributed by atoms with Crippen LogP contribution in [0, 0.1) is 11.3 Å². The predicted molar refractivity (Wildman–Crippen MR) is 83.3 cm³/mol. The van der Waals surface area contributed by atoms with E-state index in [1.165, 1.54) is 25.7 Å². The van der Waals surface area contributed by atoms with Crippen molar-refractivity contribution in [2.75, 3.05) is 26.7 Å². The number of nitrogens with zero attached hydrogens (tertiary/aromatic N) is 2. The van der Waals surface area contributed by atoms with E-state index in [0.29, 0.717) is 12.0 Å². The van der Waals surface area contributed by atoms with Gasteiger partial charge in [0.15, 0.2) is 0 Å². The van der Waals surface area contributed by atoms with Crippen molar-refractivity contribution < 1.29 is 9.90 Å². The minimum atomic E-state index is -0.559. The van der Waals surface area contributed by atoms with Crippen molar-refractivity contribution in [3.63, 3.8) is 0 Å². The molecule has 4 heteroatoms. The number of aliphatic carboxylic acids is 1. The second-order valence-electron chi connectivity index (χ2n) is 7.86. The molecule has 0 aromatic heterocycles. The molecular weight excluding hydrogens is 264 g/mol. The van der Waals surface area contributed by atoms with Gasteiger partial charge in [-0.05, 0) is 51.6 Å². The zero-order chi connectivity index (χ0) is 15.0. The Bertz CT molecular complexity index is 400. The molecule has 4 unspecified atom stereocenters. The van der Waals surface area contributed by atoms with Crippen LogP contribution in [0.1, 0.15) is 51.9 Å². The van der Waals surface area contributed by atoms with Crippen molar-refractivity contribution in [2.24, 2.45) is 11.3 Å². The van der Waals surface area contributed by atoms with Crippen LogP contribution in [-0.4, -0.2) is 59.6 Å². The van der Waals surface area contributed by atoms with E-state index < -0.39 is 11.4 Å². The number of likely N-dealkylation sites (N-methyl/N-ethyl adjacent to an activating group) is 1. The molecule has 2 saturated heterocycles. The lowest BCUT2D eigenvalue weighted by atomic mass is 9.69. The molecule has 120 valence electrons. The third-order valence-electron chi connectivity index (χ3n) is 6.30. The van der Waals surface area contributed by atoms with Crippen molar-refractivity contribution in [3.8, 4) is 0 Å². The molecule has 0 amide bonds. The number of fused-ring (bicyclic) bond motifs is 2. The maximum absolute atomic E-state index is 12.0. The van der Waals surface area contributed by atoms with E-state index in [1.54, 1.807) is 0 Å². The van der Waals surface area contributed by atoms with Gasteiger partial charge in [0.1, 0.15) is 0 Å². The normalized spacial score (nSPS) is 41.9. The summed E-state index contributed by atoms with van der Waals surface area (Å²) in [6.45, 7) is 5.13. The van der Waals surface area contributed by atoms with Gasteiger partial charge in [0.2, 0.25) is 0 Å². The third-order valence-corrected chi connectivity index (χ3v) is 6.30. The van der Waals surface area contributed by atoms with Crippen LogP contribution >= 0.6 is 0 Å². The lowest BCUT2D eigenvalue weighted by molar-refractivity contribution is -0.153. The molecule has 4 atom stereocenters. The highest BCUT2D eigenvalue weighted by Crippen LogP contribution is 2.41. The number of hydrogen-bond donors (Lipinski definition) is 1. The van der Waals surface area contributed by atoms with Crippen molar-refractivity contribution in [1.29, 1.82) is 0 Å². The molecule has 0 spiro atoms. The first-order chi connectivity index (χ1) is 10.00. The Balaban J connectivity index is 1.70. The van der Waals surface area contributed by atoms with Crippen LogP contribution in [0.4, 0.5) is 0 Å². The molecule has 2 heterocycles. The highest BCUT2D eigenvalue weighted by Gasteiger charge is 2.44.